The fourth-order valence-corrected chi connectivity index (χ4v) is 1.33. The third-order valence-corrected chi connectivity index (χ3v) is 2.14. The van der Waals surface area contributed by atoms with E-state index in [-0.39, 0.29) is 0 Å². The molecule has 0 atom stereocenters. The minimum Gasteiger partial charge on any atom is -0.329 e. The average molecular weight is 196 g/mol. The monoisotopic (exact) mass is 196 g/mol. The van der Waals surface area contributed by atoms with Gasteiger partial charge >= 0.3 is 0 Å². The number of aromatic nitrogens is 2. The lowest BCUT2D eigenvalue weighted by atomic mass is 10.4. The van der Waals surface area contributed by atoms with Crippen molar-refractivity contribution in [2.75, 3.05) is 20.1 Å². The normalized spacial score (nSPS) is 11.6. The Morgan fingerprint density at radius 1 is 1.57 bits per heavy atom. The zero-order valence-corrected chi connectivity index (χ0v) is 9.27. The Labute approximate surface area is 85.7 Å². The zero-order chi connectivity index (χ0) is 10.6. The van der Waals surface area contributed by atoms with Gasteiger partial charge in [-0.2, -0.15) is 5.10 Å². The van der Waals surface area contributed by atoms with Gasteiger partial charge in [-0.1, -0.05) is 0 Å². The van der Waals surface area contributed by atoms with Gasteiger partial charge in [-0.05, 0) is 27.0 Å². The SMILES string of the molecule is CC(C)n1ccc(CN(C)CCN)n1. The summed E-state index contributed by atoms with van der Waals surface area (Å²) >= 11 is 0. The lowest BCUT2D eigenvalue weighted by Crippen LogP contribution is -2.25. The number of rotatable bonds is 5. The minimum atomic E-state index is 0.434. The first kappa shape index (κ1) is 11.2. The van der Waals surface area contributed by atoms with Gasteiger partial charge in [0.25, 0.3) is 0 Å². The van der Waals surface area contributed by atoms with Crippen LogP contribution in [-0.4, -0.2) is 34.8 Å². The van der Waals surface area contributed by atoms with Crippen molar-refractivity contribution >= 4 is 0 Å². The molecule has 0 radical (unpaired) electrons. The third kappa shape index (κ3) is 3.12. The van der Waals surface area contributed by atoms with Crippen molar-refractivity contribution in [2.24, 2.45) is 5.73 Å². The topological polar surface area (TPSA) is 47.1 Å². The maximum atomic E-state index is 5.47. The first-order valence-electron chi connectivity index (χ1n) is 5.06. The van der Waals surface area contributed by atoms with Gasteiger partial charge in [0.2, 0.25) is 0 Å². The summed E-state index contributed by atoms with van der Waals surface area (Å²) in [4.78, 5) is 2.17. The molecule has 4 heteroatoms. The molecule has 0 bridgehead atoms. The highest BCUT2D eigenvalue weighted by Crippen LogP contribution is 2.05. The van der Waals surface area contributed by atoms with Gasteiger partial charge in [-0.15, -0.1) is 0 Å². The molecule has 0 spiro atoms. The van der Waals surface area contributed by atoms with Crippen LogP contribution < -0.4 is 5.73 Å². The maximum Gasteiger partial charge on any atom is 0.0764 e. The summed E-state index contributed by atoms with van der Waals surface area (Å²) in [6.45, 7) is 6.73. The standard InChI is InChI=1S/C10H20N4/c1-9(2)14-6-4-10(12-14)8-13(3)7-5-11/h4,6,9H,5,7-8,11H2,1-3H3. The Bertz CT molecular complexity index is 267. The fourth-order valence-electron chi connectivity index (χ4n) is 1.33. The van der Waals surface area contributed by atoms with Crippen molar-refractivity contribution in [3.8, 4) is 0 Å². The number of hydrogen-bond acceptors (Lipinski definition) is 3. The summed E-state index contributed by atoms with van der Waals surface area (Å²) in [5, 5.41) is 4.47. The highest BCUT2D eigenvalue weighted by Gasteiger charge is 2.04. The quantitative estimate of drug-likeness (QED) is 0.759. The molecule has 1 aromatic rings. The molecule has 0 amide bonds. The number of hydrogen-bond donors (Lipinski definition) is 1. The predicted octanol–water partition coefficient (Wildman–Crippen LogP) is 0.855. The lowest BCUT2D eigenvalue weighted by molar-refractivity contribution is 0.329. The Balaban J connectivity index is 2.51. The van der Waals surface area contributed by atoms with E-state index in [1.54, 1.807) is 0 Å². The molecular weight excluding hydrogens is 176 g/mol. The zero-order valence-electron chi connectivity index (χ0n) is 9.27. The molecule has 0 aliphatic rings. The van der Waals surface area contributed by atoms with Gasteiger partial charge in [0.15, 0.2) is 0 Å². The van der Waals surface area contributed by atoms with Crippen molar-refractivity contribution in [2.45, 2.75) is 26.4 Å². The van der Waals surface area contributed by atoms with Crippen LogP contribution in [0.2, 0.25) is 0 Å². The van der Waals surface area contributed by atoms with Crippen LogP contribution in [0.1, 0.15) is 25.6 Å². The van der Waals surface area contributed by atoms with Crippen molar-refractivity contribution in [1.29, 1.82) is 0 Å². The third-order valence-electron chi connectivity index (χ3n) is 2.14. The van der Waals surface area contributed by atoms with Crippen LogP contribution in [0.4, 0.5) is 0 Å². The second-order valence-corrected chi connectivity index (χ2v) is 3.91. The molecule has 1 heterocycles. The highest BCUT2D eigenvalue weighted by molar-refractivity contribution is 4.99. The number of likely N-dealkylation sites (N-methyl/N-ethyl adjacent to an activating group) is 1. The summed E-state index contributed by atoms with van der Waals surface area (Å²) in [5.41, 5.74) is 6.58. The molecule has 0 saturated carbocycles. The van der Waals surface area contributed by atoms with Gasteiger partial charge in [-0.3, -0.25) is 9.58 Å². The van der Waals surface area contributed by atoms with E-state index in [1.807, 2.05) is 10.9 Å². The van der Waals surface area contributed by atoms with E-state index in [0.717, 1.165) is 18.8 Å². The summed E-state index contributed by atoms with van der Waals surface area (Å²) in [5.74, 6) is 0. The molecule has 80 valence electrons. The van der Waals surface area contributed by atoms with Crippen LogP contribution in [0.15, 0.2) is 12.3 Å². The Morgan fingerprint density at radius 2 is 2.29 bits per heavy atom. The molecule has 2 N–H and O–H groups in total. The Kier molecular flexibility index (Phi) is 4.10. The largest absolute Gasteiger partial charge is 0.329 e. The highest BCUT2D eigenvalue weighted by atomic mass is 15.3. The summed E-state index contributed by atoms with van der Waals surface area (Å²) in [6, 6.07) is 2.50. The van der Waals surface area contributed by atoms with Crippen molar-refractivity contribution in [3.05, 3.63) is 18.0 Å². The molecule has 1 rings (SSSR count). The smallest absolute Gasteiger partial charge is 0.0764 e. The fraction of sp³-hybridized carbons (Fsp3) is 0.700. The molecule has 0 saturated heterocycles. The predicted molar refractivity (Wildman–Crippen MR) is 58.0 cm³/mol. The van der Waals surface area contributed by atoms with E-state index in [2.05, 4.69) is 37.0 Å². The molecule has 0 unspecified atom stereocenters. The molecule has 14 heavy (non-hydrogen) atoms. The van der Waals surface area contributed by atoms with Crippen molar-refractivity contribution < 1.29 is 0 Å². The Morgan fingerprint density at radius 3 is 2.79 bits per heavy atom. The van der Waals surface area contributed by atoms with E-state index in [0.29, 0.717) is 12.6 Å². The summed E-state index contributed by atoms with van der Waals surface area (Å²) in [6.07, 6.45) is 2.02. The van der Waals surface area contributed by atoms with Crippen LogP contribution in [-0.2, 0) is 6.54 Å². The van der Waals surface area contributed by atoms with Crippen molar-refractivity contribution in [1.82, 2.24) is 14.7 Å². The molecular formula is C10H20N4. The van der Waals surface area contributed by atoms with Gasteiger partial charge in [-0.25, -0.2) is 0 Å². The lowest BCUT2D eigenvalue weighted by Gasteiger charge is -2.13. The van der Waals surface area contributed by atoms with E-state index in [1.165, 1.54) is 0 Å². The van der Waals surface area contributed by atoms with Gasteiger partial charge in [0.1, 0.15) is 0 Å². The second-order valence-electron chi connectivity index (χ2n) is 3.91. The molecule has 4 nitrogen and oxygen atoms in total. The van der Waals surface area contributed by atoms with E-state index in [4.69, 9.17) is 5.73 Å². The molecule has 0 aliphatic heterocycles. The number of nitrogens with two attached hydrogens (primary N) is 1. The van der Waals surface area contributed by atoms with E-state index >= 15 is 0 Å². The van der Waals surface area contributed by atoms with Crippen LogP contribution in [0.3, 0.4) is 0 Å². The molecule has 0 aromatic carbocycles. The molecule has 1 aromatic heterocycles. The van der Waals surface area contributed by atoms with Crippen LogP contribution in [0.5, 0.6) is 0 Å². The summed E-state index contributed by atoms with van der Waals surface area (Å²) in [7, 11) is 2.06. The first-order chi connectivity index (χ1) is 6.63. The molecule has 0 aliphatic carbocycles. The Hall–Kier alpha value is -0.870. The van der Waals surface area contributed by atoms with Crippen LogP contribution >= 0.6 is 0 Å². The van der Waals surface area contributed by atoms with Gasteiger partial charge in [0, 0.05) is 31.9 Å². The van der Waals surface area contributed by atoms with Gasteiger partial charge in [0.05, 0.1) is 5.69 Å². The van der Waals surface area contributed by atoms with Crippen LogP contribution in [0.25, 0.3) is 0 Å². The number of nitrogens with zero attached hydrogens (tertiary/aromatic N) is 3. The van der Waals surface area contributed by atoms with Crippen LogP contribution in [0, 0.1) is 0 Å². The summed E-state index contributed by atoms with van der Waals surface area (Å²) < 4.78 is 1.98. The average Bonchev–Trinajstić information content (AvgIpc) is 2.53. The minimum absolute atomic E-state index is 0.434. The first-order valence-corrected chi connectivity index (χ1v) is 5.06. The van der Waals surface area contributed by atoms with Gasteiger partial charge < -0.3 is 5.73 Å². The maximum absolute atomic E-state index is 5.47. The van der Waals surface area contributed by atoms with Crippen molar-refractivity contribution in [3.63, 3.8) is 0 Å². The second kappa shape index (κ2) is 5.12. The van der Waals surface area contributed by atoms with E-state index < -0.39 is 0 Å². The van der Waals surface area contributed by atoms with E-state index in [9.17, 15) is 0 Å². The molecule has 0 fully saturated rings.